The standard InChI is InChI=1S/C51H52N4O2/c1-31-23-32(2)45-38(24-31)46-51(10,30-49(45,6)7)54-47(57-46)34-25-33(41-16-13-14-21-52-41)26-37(27-34)56-36-18-19-40-43(29-36)55(42-17-12-11-15-39(42)50(40,8)9)44-28-35(20-22-53-44)48(3,4)5/h11-29,46H,30H2,1-10H3/t46-,51+/m0/s1. The average Bonchev–Trinajstić information content (AvgIpc) is 3.51. The van der Waals surface area contributed by atoms with Crippen molar-refractivity contribution < 1.29 is 9.47 Å². The van der Waals surface area contributed by atoms with Gasteiger partial charge in [-0.15, -0.1) is 0 Å². The predicted octanol–water partition coefficient (Wildman–Crippen LogP) is 12.9. The van der Waals surface area contributed by atoms with Crippen molar-refractivity contribution in [3.63, 3.8) is 0 Å². The summed E-state index contributed by atoms with van der Waals surface area (Å²) < 4.78 is 13.9. The molecule has 9 rings (SSSR count). The fourth-order valence-corrected chi connectivity index (χ4v) is 9.95. The summed E-state index contributed by atoms with van der Waals surface area (Å²) >= 11 is 0. The Morgan fingerprint density at radius 3 is 2.25 bits per heavy atom. The molecule has 0 unspecified atom stereocenters. The molecule has 6 nitrogen and oxygen atoms in total. The van der Waals surface area contributed by atoms with Crippen LogP contribution in [0.3, 0.4) is 0 Å². The van der Waals surface area contributed by atoms with Crippen LogP contribution in [0.15, 0.2) is 121 Å². The molecule has 6 aromatic rings. The van der Waals surface area contributed by atoms with Crippen LogP contribution in [0.4, 0.5) is 17.2 Å². The predicted molar refractivity (Wildman–Crippen MR) is 232 cm³/mol. The number of fused-ring (bicyclic) bond motifs is 5. The quantitative estimate of drug-likeness (QED) is 0.175. The highest BCUT2D eigenvalue weighted by Gasteiger charge is 2.53. The number of anilines is 3. The normalized spacial score (nSPS) is 20.1. The van der Waals surface area contributed by atoms with Crippen LogP contribution in [0.25, 0.3) is 11.3 Å². The molecule has 0 saturated heterocycles. The van der Waals surface area contributed by atoms with E-state index in [2.05, 4.69) is 159 Å². The third kappa shape index (κ3) is 6.21. The van der Waals surface area contributed by atoms with Gasteiger partial charge in [-0.1, -0.05) is 96.5 Å². The van der Waals surface area contributed by atoms with Gasteiger partial charge in [0.2, 0.25) is 5.90 Å². The van der Waals surface area contributed by atoms with Gasteiger partial charge in [0, 0.05) is 35.0 Å². The Labute approximate surface area is 337 Å². The number of aliphatic imine (C=N–C) groups is 1. The Balaban J connectivity index is 1.15. The average molecular weight is 753 g/mol. The van der Waals surface area contributed by atoms with Crippen LogP contribution in [0.5, 0.6) is 11.5 Å². The van der Waals surface area contributed by atoms with E-state index in [4.69, 9.17) is 24.4 Å². The van der Waals surface area contributed by atoms with Crippen molar-refractivity contribution in [3.05, 3.63) is 160 Å². The Morgan fingerprint density at radius 2 is 1.47 bits per heavy atom. The van der Waals surface area contributed by atoms with Crippen LogP contribution in [0, 0.1) is 13.8 Å². The molecule has 0 bridgehead atoms. The number of benzene rings is 4. The highest BCUT2D eigenvalue weighted by atomic mass is 16.5. The van der Waals surface area contributed by atoms with Gasteiger partial charge in [0.25, 0.3) is 0 Å². The maximum absolute atomic E-state index is 6.97. The molecular weight excluding hydrogens is 701 g/mol. The lowest BCUT2D eigenvalue weighted by atomic mass is 9.63. The molecule has 2 atom stereocenters. The van der Waals surface area contributed by atoms with E-state index in [0.717, 1.165) is 46.2 Å². The summed E-state index contributed by atoms with van der Waals surface area (Å²) in [6, 6.07) is 36.3. The molecule has 6 heteroatoms. The summed E-state index contributed by atoms with van der Waals surface area (Å²) in [4.78, 5) is 17.4. The zero-order valence-corrected chi connectivity index (χ0v) is 34.9. The van der Waals surface area contributed by atoms with Gasteiger partial charge in [-0.25, -0.2) is 9.98 Å². The van der Waals surface area contributed by atoms with E-state index in [1.54, 1.807) is 0 Å². The molecule has 0 saturated carbocycles. The van der Waals surface area contributed by atoms with Crippen molar-refractivity contribution in [1.29, 1.82) is 0 Å². The zero-order valence-electron chi connectivity index (χ0n) is 34.9. The number of nitrogens with zero attached hydrogens (tertiary/aromatic N) is 4. The van der Waals surface area contributed by atoms with Crippen molar-refractivity contribution in [2.45, 2.75) is 104 Å². The summed E-state index contributed by atoms with van der Waals surface area (Å²) in [6.45, 7) is 22.6. The SMILES string of the molecule is Cc1cc(C)c2c(c1)[C@@H]1OC(c3cc(Oc4ccc5c(c4)N(c4cc(C(C)(C)C)ccn4)c4ccccc4C5(C)C)cc(-c4ccccn4)c3)=N[C@]1(C)CC2(C)C. The lowest BCUT2D eigenvalue weighted by molar-refractivity contribution is 0.108. The second-order valence-electron chi connectivity index (χ2n) is 18.8. The summed E-state index contributed by atoms with van der Waals surface area (Å²) in [5, 5.41) is 0. The molecule has 2 aliphatic heterocycles. The van der Waals surface area contributed by atoms with Gasteiger partial charge < -0.3 is 9.47 Å². The largest absolute Gasteiger partial charge is 0.467 e. The van der Waals surface area contributed by atoms with Gasteiger partial charge in [0.1, 0.15) is 22.9 Å². The Kier molecular flexibility index (Phi) is 8.33. The summed E-state index contributed by atoms with van der Waals surface area (Å²) in [5.74, 6) is 2.92. The number of para-hydroxylation sites is 1. The number of aryl methyl sites for hydroxylation is 2. The monoisotopic (exact) mass is 752 g/mol. The highest BCUT2D eigenvalue weighted by Crippen LogP contribution is 2.55. The highest BCUT2D eigenvalue weighted by molar-refractivity contribution is 5.98. The Morgan fingerprint density at radius 1 is 0.719 bits per heavy atom. The molecule has 0 fully saturated rings. The second kappa shape index (κ2) is 12.9. The van der Waals surface area contributed by atoms with E-state index in [0.29, 0.717) is 11.6 Å². The summed E-state index contributed by atoms with van der Waals surface area (Å²) in [6.07, 6.45) is 4.45. The van der Waals surface area contributed by atoms with Crippen LogP contribution in [0.1, 0.15) is 112 Å². The summed E-state index contributed by atoms with van der Waals surface area (Å²) in [7, 11) is 0. The first-order chi connectivity index (χ1) is 27.0. The van der Waals surface area contributed by atoms with Gasteiger partial charge in [0.15, 0.2) is 6.10 Å². The topological polar surface area (TPSA) is 59.8 Å². The van der Waals surface area contributed by atoms with Crippen molar-refractivity contribution in [2.24, 2.45) is 4.99 Å². The van der Waals surface area contributed by atoms with Gasteiger partial charge in [-0.3, -0.25) is 9.88 Å². The maximum Gasteiger partial charge on any atom is 0.217 e. The van der Waals surface area contributed by atoms with Crippen molar-refractivity contribution in [2.75, 3.05) is 4.90 Å². The molecule has 0 N–H and O–H groups in total. The fourth-order valence-electron chi connectivity index (χ4n) is 9.95. The van der Waals surface area contributed by atoms with Gasteiger partial charge in [0.05, 0.1) is 17.1 Å². The van der Waals surface area contributed by atoms with Crippen molar-refractivity contribution in [1.82, 2.24) is 9.97 Å². The molecule has 2 aromatic heterocycles. The lowest BCUT2D eigenvalue weighted by Gasteiger charge is -2.44. The molecule has 4 aromatic carbocycles. The van der Waals surface area contributed by atoms with Crippen LogP contribution >= 0.6 is 0 Å². The fraction of sp³-hybridized carbons (Fsp3) is 0.314. The molecule has 0 spiro atoms. The Hall–Kier alpha value is -5.75. The van der Waals surface area contributed by atoms with Gasteiger partial charge >= 0.3 is 0 Å². The molecule has 288 valence electrons. The molecule has 0 radical (unpaired) electrons. The first-order valence-corrected chi connectivity index (χ1v) is 20.2. The first-order valence-electron chi connectivity index (χ1n) is 20.2. The zero-order chi connectivity index (χ0) is 40.1. The number of aromatic nitrogens is 2. The van der Waals surface area contributed by atoms with Gasteiger partial charge in [-0.05, 0) is 126 Å². The minimum Gasteiger partial charge on any atom is -0.467 e. The van der Waals surface area contributed by atoms with E-state index < -0.39 is 5.54 Å². The number of ether oxygens (including phenoxy) is 2. The second-order valence-corrected chi connectivity index (χ2v) is 18.8. The lowest BCUT2D eigenvalue weighted by Crippen LogP contribution is -2.42. The van der Waals surface area contributed by atoms with E-state index in [-0.39, 0.29) is 22.3 Å². The minimum absolute atomic E-state index is 0.0314. The first kappa shape index (κ1) is 36.9. The van der Waals surface area contributed by atoms with Crippen LogP contribution in [0.2, 0.25) is 0 Å². The number of pyridine rings is 2. The number of hydrogen-bond acceptors (Lipinski definition) is 6. The minimum atomic E-state index is -0.419. The van der Waals surface area contributed by atoms with E-state index in [1.807, 2.05) is 30.6 Å². The van der Waals surface area contributed by atoms with Crippen molar-refractivity contribution >= 4 is 23.1 Å². The third-order valence-corrected chi connectivity index (χ3v) is 12.3. The Bertz CT molecular complexity index is 2600. The van der Waals surface area contributed by atoms with E-state index >= 15 is 0 Å². The van der Waals surface area contributed by atoms with Crippen molar-refractivity contribution in [3.8, 4) is 22.8 Å². The molecule has 0 amide bonds. The molecule has 1 aliphatic carbocycles. The summed E-state index contributed by atoms with van der Waals surface area (Å²) in [5.41, 5.74) is 12.9. The van der Waals surface area contributed by atoms with Crippen LogP contribution < -0.4 is 9.64 Å². The smallest absolute Gasteiger partial charge is 0.217 e. The number of hydrogen-bond donors (Lipinski definition) is 0. The van der Waals surface area contributed by atoms with Crippen LogP contribution in [-0.2, 0) is 21.0 Å². The molecule has 3 aliphatic rings. The molecule has 57 heavy (non-hydrogen) atoms. The number of rotatable bonds is 5. The van der Waals surface area contributed by atoms with Gasteiger partial charge in [-0.2, -0.15) is 0 Å². The molecular formula is C51H52N4O2. The molecule has 4 heterocycles. The maximum atomic E-state index is 6.97. The van der Waals surface area contributed by atoms with E-state index in [1.165, 1.54) is 38.9 Å². The third-order valence-electron chi connectivity index (χ3n) is 12.3. The van der Waals surface area contributed by atoms with Crippen LogP contribution in [-0.4, -0.2) is 21.4 Å². The van der Waals surface area contributed by atoms with E-state index in [9.17, 15) is 0 Å².